The molecule has 23 heavy (non-hydrogen) atoms. The minimum absolute atomic E-state index is 0.194. The molecule has 8 heteroatoms. The van der Waals surface area contributed by atoms with Crippen LogP contribution in [0.5, 0.6) is 0 Å². The number of aromatic carboxylic acids is 1. The number of hydrogen-bond acceptors (Lipinski definition) is 6. The number of aromatic amines is 1. The minimum atomic E-state index is -1.31. The number of carboxylic acids is 1. The molecule has 0 spiro atoms. The molecule has 0 atom stereocenters. The van der Waals surface area contributed by atoms with Gasteiger partial charge < -0.3 is 20.1 Å². The first-order chi connectivity index (χ1) is 11.1. The number of nitrogens with zero attached hydrogens (tertiary/aromatic N) is 2. The van der Waals surface area contributed by atoms with Gasteiger partial charge in [-0.3, -0.25) is 9.78 Å². The Hall–Kier alpha value is -2.87. The largest absolute Gasteiger partial charge is 0.477 e. The summed E-state index contributed by atoms with van der Waals surface area (Å²) in [6.07, 6.45) is 1.03. The molecule has 0 amide bonds. The van der Waals surface area contributed by atoms with Crippen LogP contribution in [0.2, 0.25) is 0 Å². The number of carboxylic acid groups (broad SMARTS) is 1. The van der Waals surface area contributed by atoms with E-state index in [1.165, 1.54) is 0 Å². The van der Waals surface area contributed by atoms with E-state index in [4.69, 9.17) is 9.84 Å². The fourth-order valence-electron chi connectivity index (χ4n) is 2.32. The monoisotopic (exact) mass is 316 g/mol. The van der Waals surface area contributed by atoms with Crippen LogP contribution in [-0.2, 0) is 4.74 Å². The minimum Gasteiger partial charge on any atom is -0.477 e. The number of morpholine rings is 1. The molecule has 1 aliphatic rings. The van der Waals surface area contributed by atoms with Crippen molar-refractivity contribution >= 4 is 23.3 Å². The molecule has 1 fully saturated rings. The Morgan fingerprint density at radius 2 is 1.96 bits per heavy atom. The Labute approximate surface area is 131 Å². The third kappa shape index (κ3) is 3.49. The maximum atomic E-state index is 11.6. The number of nitrogens with one attached hydrogen (secondary N) is 2. The number of ether oxygens (including phenoxy) is 1. The molecule has 3 N–H and O–H groups in total. The number of aromatic nitrogens is 2. The van der Waals surface area contributed by atoms with Crippen molar-refractivity contribution in [1.82, 2.24) is 9.97 Å². The number of carbonyl (C=O) groups is 1. The zero-order valence-corrected chi connectivity index (χ0v) is 12.3. The van der Waals surface area contributed by atoms with Crippen molar-refractivity contribution in [2.75, 3.05) is 36.5 Å². The summed E-state index contributed by atoms with van der Waals surface area (Å²) in [5.74, 6) is -1.11. The highest BCUT2D eigenvalue weighted by molar-refractivity contribution is 5.86. The smallest absolute Gasteiger partial charge is 0.342 e. The van der Waals surface area contributed by atoms with Gasteiger partial charge in [0.05, 0.1) is 19.4 Å². The molecule has 1 aliphatic heterocycles. The Balaban J connectivity index is 1.72. The molecule has 8 nitrogen and oxygen atoms in total. The first-order valence-corrected chi connectivity index (χ1v) is 7.16. The molecule has 3 rings (SSSR count). The van der Waals surface area contributed by atoms with Crippen LogP contribution in [0.25, 0.3) is 0 Å². The number of benzene rings is 1. The van der Waals surface area contributed by atoms with Crippen molar-refractivity contribution in [1.29, 1.82) is 0 Å². The zero-order valence-electron chi connectivity index (χ0n) is 12.3. The van der Waals surface area contributed by atoms with Crippen LogP contribution in [0.1, 0.15) is 10.4 Å². The molecule has 1 aromatic carbocycles. The molecule has 2 heterocycles. The van der Waals surface area contributed by atoms with Crippen LogP contribution >= 0.6 is 0 Å². The van der Waals surface area contributed by atoms with Gasteiger partial charge in [-0.2, -0.15) is 0 Å². The first kappa shape index (κ1) is 15.0. The summed E-state index contributed by atoms with van der Waals surface area (Å²) >= 11 is 0. The van der Waals surface area contributed by atoms with E-state index >= 15 is 0 Å². The van der Waals surface area contributed by atoms with Crippen LogP contribution in [0.15, 0.2) is 35.3 Å². The SMILES string of the molecule is O=C(O)c1cnc(Nc2ccc(N3CCOCC3)cc2)[nH]c1=O. The molecule has 1 saturated heterocycles. The zero-order chi connectivity index (χ0) is 16.2. The summed E-state index contributed by atoms with van der Waals surface area (Å²) in [6, 6.07) is 7.68. The highest BCUT2D eigenvalue weighted by Crippen LogP contribution is 2.20. The van der Waals surface area contributed by atoms with Crippen LogP contribution in [0, 0.1) is 0 Å². The molecule has 0 aliphatic carbocycles. The van der Waals surface area contributed by atoms with Gasteiger partial charge in [-0.1, -0.05) is 0 Å². The quantitative estimate of drug-likeness (QED) is 0.773. The lowest BCUT2D eigenvalue weighted by Crippen LogP contribution is -2.36. The molecular formula is C15H16N4O4. The molecule has 0 bridgehead atoms. The van der Waals surface area contributed by atoms with Crippen molar-refractivity contribution in [2.24, 2.45) is 0 Å². The van der Waals surface area contributed by atoms with Crippen molar-refractivity contribution in [3.63, 3.8) is 0 Å². The van der Waals surface area contributed by atoms with Crippen LogP contribution in [-0.4, -0.2) is 47.3 Å². The normalized spacial score (nSPS) is 14.5. The summed E-state index contributed by atoms with van der Waals surface area (Å²) in [6.45, 7) is 3.17. The highest BCUT2D eigenvalue weighted by Gasteiger charge is 2.12. The van der Waals surface area contributed by atoms with E-state index in [2.05, 4.69) is 20.2 Å². The third-order valence-corrected chi connectivity index (χ3v) is 3.54. The second-order valence-electron chi connectivity index (χ2n) is 5.05. The van der Waals surface area contributed by atoms with E-state index in [1.54, 1.807) is 0 Å². The lowest BCUT2D eigenvalue weighted by atomic mass is 10.2. The van der Waals surface area contributed by atoms with E-state index in [0.717, 1.165) is 43.9 Å². The van der Waals surface area contributed by atoms with Gasteiger partial charge >= 0.3 is 5.97 Å². The van der Waals surface area contributed by atoms with Gasteiger partial charge in [0.25, 0.3) is 5.56 Å². The van der Waals surface area contributed by atoms with E-state index < -0.39 is 17.1 Å². The Morgan fingerprint density at radius 3 is 2.57 bits per heavy atom. The summed E-state index contributed by atoms with van der Waals surface area (Å²) in [5, 5.41) is 11.7. The number of rotatable bonds is 4. The van der Waals surface area contributed by atoms with Crippen molar-refractivity contribution < 1.29 is 14.6 Å². The van der Waals surface area contributed by atoms with Crippen LogP contribution < -0.4 is 15.8 Å². The Kier molecular flexibility index (Phi) is 4.24. The number of anilines is 3. The summed E-state index contributed by atoms with van der Waals surface area (Å²) in [4.78, 5) is 30.9. The lowest BCUT2D eigenvalue weighted by Gasteiger charge is -2.28. The fourth-order valence-corrected chi connectivity index (χ4v) is 2.32. The Bertz CT molecular complexity index is 751. The van der Waals surface area contributed by atoms with Gasteiger partial charge in [0, 0.05) is 24.5 Å². The summed E-state index contributed by atoms with van der Waals surface area (Å²) in [5.41, 5.74) is 0.757. The molecule has 1 aromatic heterocycles. The molecule has 120 valence electrons. The van der Waals surface area contributed by atoms with Gasteiger partial charge in [-0.05, 0) is 24.3 Å². The summed E-state index contributed by atoms with van der Waals surface area (Å²) < 4.78 is 5.32. The standard InChI is InChI=1S/C15H16N4O4/c20-13-12(14(21)22)9-16-15(18-13)17-10-1-3-11(4-2-10)19-5-7-23-8-6-19/h1-4,9H,5-8H2,(H,21,22)(H2,16,17,18,20). The van der Waals surface area contributed by atoms with Crippen molar-refractivity contribution in [3.8, 4) is 0 Å². The lowest BCUT2D eigenvalue weighted by molar-refractivity contribution is 0.0694. The van der Waals surface area contributed by atoms with Gasteiger partial charge in [-0.15, -0.1) is 0 Å². The van der Waals surface area contributed by atoms with Gasteiger partial charge in [0.1, 0.15) is 5.56 Å². The molecule has 2 aromatic rings. The third-order valence-electron chi connectivity index (χ3n) is 3.54. The molecule has 0 radical (unpaired) electrons. The predicted octanol–water partition coefficient (Wildman–Crippen LogP) is 1.05. The van der Waals surface area contributed by atoms with Gasteiger partial charge in [0.2, 0.25) is 5.95 Å². The van der Waals surface area contributed by atoms with E-state index in [1.807, 2.05) is 24.3 Å². The average molecular weight is 316 g/mol. The van der Waals surface area contributed by atoms with E-state index in [9.17, 15) is 9.59 Å². The Morgan fingerprint density at radius 1 is 1.26 bits per heavy atom. The molecular weight excluding hydrogens is 300 g/mol. The topological polar surface area (TPSA) is 108 Å². The highest BCUT2D eigenvalue weighted by atomic mass is 16.5. The number of hydrogen-bond donors (Lipinski definition) is 3. The maximum Gasteiger partial charge on any atom is 0.342 e. The van der Waals surface area contributed by atoms with E-state index in [0.29, 0.717) is 0 Å². The molecule has 0 unspecified atom stereocenters. The number of H-pyrrole nitrogens is 1. The fraction of sp³-hybridized carbons (Fsp3) is 0.267. The second kappa shape index (κ2) is 6.49. The molecule has 0 saturated carbocycles. The summed E-state index contributed by atoms with van der Waals surface area (Å²) in [7, 11) is 0. The van der Waals surface area contributed by atoms with Crippen LogP contribution in [0.4, 0.5) is 17.3 Å². The van der Waals surface area contributed by atoms with Crippen molar-refractivity contribution in [3.05, 3.63) is 46.4 Å². The first-order valence-electron chi connectivity index (χ1n) is 7.16. The predicted molar refractivity (Wildman–Crippen MR) is 84.6 cm³/mol. The van der Waals surface area contributed by atoms with E-state index in [-0.39, 0.29) is 5.95 Å². The second-order valence-corrected chi connectivity index (χ2v) is 5.05. The van der Waals surface area contributed by atoms with Gasteiger partial charge in [0.15, 0.2) is 0 Å². The average Bonchev–Trinajstić information content (AvgIpc) is 2.56. The maximum absolute atomic E-state index is 11.6. The van der Waals surface area contributed by atoms with Crippen molar-refractivity contribution in [2.45, 2.75) is 0 Å². The van der Waals surface area contributed by atoms with Gasteiger partial charge in [-0.25, -0.2) is 9.78 Å². The van der Waals surface area contributed by atoms with Crippen LogP contribution in [0.3, 0.4) is 0 Å².